The molecule has 0 bridgehead atoms. The van der Waals surface area contributed by atoms with E-state index in [-0.39, 0.29) is 5.69 Å². The lowest BCUT2D eigenvalue weighted by atomic mass is 10.2. The summed E-state index contributed by atoms with van der Waals surface area (Å²) in [7, 11) is -5.89. The molecule has 0 aliphatic heterocycles. The molecule has 0 saturated carbocycles. The van der Waals surface area contributed by atoms with Crippen molar-refractivity contribution in [3.05, 3.63) is 48.2 Å². The molecule has 0 atom stereocenters. The van der Waals surface area contributed by atoms with Gasteiger partial charge in [0.1, 0.15) is 5.75 Å². The van der Waals surface area contributed by atoms with Gasteiger partial charge in [-0.2, -0.15) is 13.2 Å². The zero-order chi connectivity index (χ0) is 20.5. The van der Waals surface area contributed by atoms with Gasteiger partial charge < -0.3 is 10.1 Å². The van der Waals surface area contributed by atoms with E-state index in [1.54, 1.807) is 0 Å². The maximum atomic E-state index is 12.7. The van der Waals surface area contributed by atoms with Gasteiger partial charge in [0.15, 0.2) is 5.03 Å². The predicted molar refractivity (Wildman–Crippen MR) is 78.6 cm³/mol. The van der Waals surface area contributed by atoms with Crippen LogP contribution in [0, 0.1) is 0 Å². The first-order valence-electron chi connectivity index (χ1n) is 6.75. The molecule has 0 fully saturated rings. The highest BCUT2D eigenvalue weighted by Crippen LogP contribution is 2.31. The Kier molecular flexibility index (Phi) is 5.35. The molecule has 2 aromatic rings. The summed E-state index contributed by atoms with van der Waals surface area (Å²) in [5.41, 5.74) is -6.67. The van der Waals surface area contributed by atoms with Crippen molar-refractivity contribution in [3.8, 4) is 5.75 Å². The lowest BCUT2D eigenvalue weighted by molar-refractivity contribution is -0.274. The summed E-state index contributed by atoms with van der Waals surface area (Å²) in [6.45, 7) is 0. The maximum absolute atomic E-state index is 12.7. The first-order valence-corrected chi connectivity index (χ1v) is 8.23. The third-order valence-electron chi connectivity index (χ3n) is 2.92. The van der Waals surface area contributed by atoms with Crippen molar-refractivity contribution in [1.29, 1.82) is 0 Å². The van der Waals surface area contributed by atoms with E-state index in [0.29, 0.717) is 0 Å². The number of carbonyl (C=O) groups is 1. The molecule has 1 aromatic heterocycles. The Balaban J connectivity index is 2.28. The fourth-order valence-electron chi connectivity index (χ4n) is 1.83. The normalized spacial score (nSPS) is 12.5. The molecule has 13 heteroatoms. The van der Waals surface area contributed by atoms with E-state index in [9.17, 15) is 39.6 Å². The molecule has 0 aliphatic carbocycles. The summed E-state index contributed by atoms with van der Waals surface area (Å²) in [5, 5.41) is 0.571. The van der Waals surface area contributed by atoms with Crippen LogP contribution in [0.5, 0.6) is 5.75 Å². The Morgan fingerprint density at radius 1 is 1.00 bits per heavy atom. The van der Waals surface area contributed by atoms with Crippen molar-refractivity contribution in [1.82, 2.24) is 4.98 Å². The number of ether oxygens (including phenoxy) is 1. The van der Waals surface area contributed by atoms with E-state index in [0.717, 1.165) is 42.6 Å². The van der Waals surface area contributed by atoms with Crippen molar-refractivity contribution in [2.45, 2.75) is 16.9 Å². The first kappa shape index (κ1) is 20.5. The molecule has 1 aromatic carbocycles. The molecule has 0 radical (unpaired) electrons. The van der Waals surface area contributed by atoms with E-state index in [2.05, 4.69) is 15.0 Å². The van der Waals surface area contributed by atoms with Crippen molar-refractivity contribution in [3.63, 3.8) is 0 Å². The Hall–Kier alpha value is -2.83. The molecule has 1 amide bonds. The molecule has 1 heterocycles. The van der Waals surface area contributed by atoms with Gasteiger partial charge in [0, 0.05) is 11.9 Å². The van der Waals surface area contributed by atoms with Gasteiger partial charge >= 0.3 is 11.9 Å². The lowest BCUT2D eigenvalue weighted by Gasteiger charge is -2.12. The topological polar surface area (TPSA) is 85.4 Å². The van der Waals surface area contributed by atoms with Crippen LogP contribution in [-0.2, 0) is 9.84 Å². The number of alkyl halides is 6. The second-order valence-electron chi connectivity index (χ2n) is 4.83. The molecule has 0 saturated heterocycles. The third kappa shape index (κ3) is 4.87. The number of carbonyl (C=O) groups excluding carboxylic acids is 1. The molecule has 1 N–H and O–H groups in total. The number of nitrogens with one attached hydrogen (secondary N) is 1. The van der Waals surface area contributed by atoms with Gasteiger partial charge in [-0.15, -0.1) is 13.2 Å². The van der Waals surface area contributed by atoms with Crippen molar-refractivity contribution in [2.75, 3.05) is 5.32 Å². The average Bonchev–Trinajstić information content (AvgIpc) is 2.54. The Bertz CT molecular complexity index is 939. The number of amides is 1. The van der Waals surface area contributed by atoms with Gasteiger partial charge in [-0.05, 0) is 36.4 Å². The van der Waals surface area contributed by atoms with E-state index >= 15 is 0 Å². The minimum atomic E-state index is -5.89. The summed E-state index contributed by atoms with van der Waals surface area (Å²) in [6, 6.07) is 5.51. The van der Waals surface area contributed by atoms with E-state index in [4.69, 9.17) is 0 Å². The van der Waals surface area contributed by atoms with Crippen LogP contribution in [0.4, 0.5) is 32.0 Å². The molecule has 27 heavy (non-hydrogen) atoms. The number of halogens is 6. The number of sulfone groups is 1. The number of pyridine rings is 1. The van der Waals surface area contributed by atoms with Crippen LogP contribution in [0.15, 0.2) is 47.6 Å². The third-order valence-corrected chi connectivity index (χ3v) is 4.36. The lowest BCUT2D eigenvalue weighted by Crippen LogP contribution is -2.27. The Morgan fingerprint density at radius 2 is 1.59 bits per heavy atom. The number of aromatic nitrogens is 1. The van der Waals surface area contributed by atoms with Crippen LogP contribution in [0.1, 0.15) is 10.4 Å². The van der Waals surface area contributed by atoms with Gasteiger partial charge in [0.2, 0.25) is 0 Å². The summed E-state index contributed by atoms with van der Waals surface area (Å²) < 4.78 is 101. The first-order chi connectivity index (χ1) is 12.3. The summed E-state index contributed by atoms with van der Waals surface area (Å²) in [4.78, 5) is 15.2. The van der Waals surface area contributed by atoms with Crippen molar-refractivity contribution >= 4 is 21.4 Å². The number of hydrogen-bond donors (Lipinski definition) is 1. The number of benzene rings is 1. The zero-order valence-corrected chi connectivity index (χ0v) is 13.6. The highest BCUT2D eigenvalue weighted by Gasteiger charge is 2.49. The predicted octanol–water partition coefficient (Wildman–Crippen LogP) is 3.53. The smallest absolute Gasteiger partial charge is 0.406 e. The van der Waals surface area contributed by atoms with Gasteiger partial charge in [0.05, 0.1) is 5.56 Å². The Morgan fingerprint density at radius 3 is 2.11 bits per heavy atom. The monoisotopic (exact) mass is 414 g/mol. The molecule has 0 aliphatic rings. The minimum Gasteiger partial charge on any atom is -0.406 e. The standard InChI is InChI=1S/C14H8F6N2O4S/c15-13(16,17)26-9-5-3-8(4-6-9)22-11(23)10-2-1-7-21-12(10)27(24,25)14(18,19)20/h1-7H,(H,22,23). The van der Waals surface area contributed by atoms with Crippen LogP contribution in [0.2, 0.25) is 0 Å². The number of nitrogens with zero attached hydrogens (tertiary/aromatic N) is 1. The second-order valence-corrected chi connectivity index (χ2v) is 6.69. The van der Waals surface area contributed by atoms with Crippen LogP contribution in [-0.4, -0.2) is 31.2 Å². The van der Waals surface area contributed by atoms with Crippen LogP contribution < -0.4 is 10.1 Å². The molecule has 0 spiro atoms. The average molecular weight is 414 g/mol. The van der Waals surface area contributed by atoms with Crippen LogP contribution in [0.3, 0.4) is 0 Å². The van der Waals surface area contributed by atoms with E-state index in [1.165, 1.54) is 0 Å². The summed E-state index contributed by atoms with van der Waals surface area (Å²) in [6.07, 6.45) is -4.17. The molecule has 0 unspecified atom stereocenters. The molecule has 6 nitrogen and oxygen atoms in total. The highest BCUT2D eigenvalue weighted by molar-refractivity contribution is 7.92. The molecule has 146 valence electrons. The van der Waals surface area contributed by atoms with Crippen molar-refractivity contribution < 1.29 is 44.3 Å². The minimum absolute atomic E-state index is 0.117. The van der Waals surface area contributed by atoms with Gasteiger partial charge in [-0.3, -0.25) is 4.79 Å². The van der Waals surface area contributed by atoms with E-state index < -0.39 is 44.0 Å². The zero-order valence-electron chi connectivity index (χ0n) is 12.8. The fourth-order valence-corrected chi connectivity index (χ4v) is 2.69. The fraction of sp³-hybridized carbons (Fsp3) is 0.143. The number of anilines is 1. The van der Waals surface area contributed by atoms with E-state index in [1.807, 2.05) is 0 Å². The van der Waals surface area contributed by atoms with Gasteiger partial charge in [-0.25, -0.2) is 13.4 Å². The number of hydrogen-bond acceptors (Lipinski definition) is 5. The highest BCUT2D eigenvalue weighted by atomic mass is 32.2. The SMILES string of the molecule is O=C(Nc1ccc(OC(F)(F)F)cc1)c1cccnc1S(=O)(=O)C(F)(F)F. The molecular formula is C14H8F6N2O4S. The largest absolute Gasteiger partial charge is 0.573 e. The second kappa shape index (κ2) is 7.06. The van der Waals surface area contributed by atoms with Gasteiger partial charge in [0.25, 0.3) is 15.7 Å². The maximum Gasteiger partial charge on any atom is 0.573 e. The molecule has 2 rings (SSSR count). The van der Waals surface area contributed by atoms with Crippen LogP contribution >= 0.6 is 0 Å². The van der Waals surface area contributed by atoms with Gasteiger partial charge in [-0.1, -0.05) is 0 Å². The number of rotatable bonds is 4. The summed E-state index contributed by atoms with van der Waals surface area (Å²) in [5.74, 6) is -1.85. The van der Waals surface area contributed by atoms with Crippen LogP contribution in [0.25, 0.3) is 0 Å². The van der Waals surface area contributed by atoms with Crippen molar-refractivity contribution in [2.24, 2.45) is 0 Å². The Labute approximate surface area is 147 Å². The quantitative estimate of drug-likeness (QED) is 0.774. The summed E-state index contributed by atoms with van der Waals surface area (Å²) >= 11 is 0. The molecular weight excluding hydrogens is 406 g/mol.